The first-order valence-corrected chi connectivity index (χ1v) is 10.9. The maximum absolute atomic E-state index is 12.2. The fraction of sp³-hybridized carbons (Fsp3) is 0.400. The zero-order valence-electron chi connectivity index (χ0n) is 18.4. The summed E-state index contributed by atoms with van der Waals surface area (Å²) in [6.45, 7) is 2.20. The molecule has 0 unspecified atom stereocenters. The smallest absolute Gasteiger partial charge is 0.343 e. The highest BCUT2D eigenvalue weighted by atomic mass is 16.6. The molecular formula is C25H32N2O4. The Morgan fingerprint density at radius 3 is 2.35 bits per heavy atom. The fourth-order valence-electron chi connectivity index (χ4n) is 3.06. The van der Waals surface area contributed by atoms with Crippen LogP contribution in [0.5, 0.6) is 11.5 Å². The molecule has 0 fully saturated rings. The van der Waals surface area contributed by atoms with E-state index in [-0.39, 0.29) is 5.91 Å². The van der Waals surface area contributed by atoms with Gasteiger partial charge in [-0.25, -0.2) is 10.2 Å². The minimum absolute atomic E-state index is 0.0924. The molecule has 2 aromatic rings. The molecular weight excluding hydrogens is 392 g/mol. The number of amides is 1. The summed E-state index contributed by atoms with van der Waals surface area (Å²) >= 11 is 0. The van der Waals surface area contributed by atoms with Gasteiger partial charge in [0.05, 0.1) is 18.9 Å². The number of ether oxygens (including phenoxy) is 2. The standard InChI is InChI=1S/C25H32N2O4/c1-3-4-5-6-7-8-12-15-24(28)27-26-19-20-16-17-22(23(18-20)30-2)31-25(29)21-13-10-9-11-14-21/h9-11,13-14,16-19H,3-8,12,15H2,1-2H3,(H,27,28)/b26-19-. The summed E-state index contributed by atoms with van der Waals surface area (Å²) in [6, 6.07) is 13.8. The highest BCUT2D eigenvalue weighted by Crippen LogP contribution is 2.28. The number of unbranched alkanes of at least 4 members (excludes halogenated alkanes) is 6. The summed E-state index contributed by atoms with van der Waals surface area (Å²) < 4.78 is 10.8. The number of rotatable bonds is 13. The van der Waals surface area contributed by atoms with Crippen molar-refractivity contribution in [2.45, 2.75) is 58.3 Å². The molecule has 0 spiro atoms. The van der Waals surface area contributed by atoms with Crippen molar-refractivity contribution >= 4 is 18.1 Å². The Labute approximate surface area is 184 Å². The van der Waals surface area contributed by atoms with Crippen LogP contribution in [0.1, 0.15) is 74.2 Å². The Balaban J connectivity index is 1.79. The Hall–Kier alpha value is -3.15. The highest BCUT2D eigenvalue weighted by Gasteiger charge is 2.12. The van der Waals surface area contributed by atoms with E-state index >= 15 is 0 Å². The average Bonchev–Trinajstić information content (AvgIpc) is 2.79. The summed E-state index contributed by atoms with van der Waals surface area (Å²) in [4.78, 5) is 24.1. The van der Waals surface area contributed by atoms with Crippen molar-refractivity contribution < 1.29 is 19.1 Å². The molecule has 0 aromatic heterocycles. The van der Waals surface area contributed by atoms with E-state index < -0.39 is 5.97 Å². The molecule has 31 heavy (non-hydrogen) atoms. The van der Waals surface area contributed by atoms with Gasteiger partial charge in [-0.15, -0.1) is 0 Å². The molecule has 0 aliphatic rings. The number of hydrazone groups is 1. The Kier molecular flexibility index (Phi) is 10.9. The normalized spacial score (nSPS) is 10.8. The molecule has 0 saturated heterocycles. The maximum Gasteiger partial charge on any atom is 0.343 e. The summed E-state index contributed by atoms with van der Waals surface area (Å²) in [5.41, 5.74) is 3.73. The molecule has 0 aliphatic carbocycles. The third kappa shape index (κ3) is 9.03. The van der Waals surface area contributed by atoms with Gasteiger partial charge in [0.2, 0.25) is 5.91 Å². The monoisotopic (exact) mass is 424 g/mol. The van der Waals surface area contributed by atoms with E-state index in [9.17, 15) is 9.59 Å². The summed E-state index contributed by atoms with van der Waals surface area (Å²) in [5.74, 6) is 0.169. The van der Waals surface area contributed by atoms with Crippen molar-refractivity contribution in [3.63, 3.8) is 0 Å². The van der Waals surface area contributed by atoms with Gasteiger partial charge in [-0.3, -0.25) is 4.79 Å². The number of carbonyl (C=O) groups excluding carboxylic acids is 2. The van der Waals surface area contributed by atoms with Gasteiger partial charge in [0.1, 0.15) is 0 Å². The first-order valence-electron chi connectivity index (χ1n) is 10.9. The Bertz CT molecular complexity index is 850. The lowest BCUT2D eigenvalue weighted by molar-refractivity contribution is -0.121. The van der Waals surface area contributed by atoms with Gasteiger partial charge in [-0.2, -0.15) is 5.10 Å². The van der Waals surface area contributed by atoms with E-state index in [1.165, 1.54) is 45.4 Å². The fourth-order valence-corrected chi connectivity index (χ4v) is 3.06. The van der Waals surface area contributed by atoms with Crippen LogP contribution in [0.4, 0.5) is 0 Å². The van der Waals surface area contributed by atoms with Gasteiger partial charge in [0.25, 0.3) is 0 Å². The number of esters is 1. The molecule has 0 atom stereocenters. The van der Waals surface area contributed by atoms with Gasteiger partial charge in [-0.1, -0.05) is 63.6 Å². The number of benzene rings is 2. The average molecular weight is 425 g/mol. The number of nitrogens with one attached hydrogen (secondary N) is 1. The van der Waals surface area contributed by atoms with Crippen LogP contribution in [0.3, 0.4) is 0 Å². The van der Waals surface area contributed by atoms with Crippen molar-refractivity contribution in [3.05, 3.63) is 59.7 Å². The lowest BCUT2D eigenvalue weighted by Gasteiger charge is -2.10. The SMILES string of the molecule is CCCCCCCCCC(=O)N/N=C\c1ccc(OC(=O)c2ccccc2)c(OC)c1. The van der Waals surface area contributed by atoms with E-state index in [0.29, 0.717) is 29.0 Å². The van der Waals surface area contributed by atoms with E-state index in [1.54, 1.807) is 42.5 Å². The number of hydrogen-bond donors (Lipinski definition) is 1. The van der Waals surface area contributed by atoms with Crippen molar-refractivity contribution in [2.24, 2.45) is 5.10 Å². The Morgan fingerprint density at radius 2 is 1.65 bits per heavy atom. The van der Waals surface area contributed by atoms with Crippen LogP contribution in [0.25, 0.3) is 0 Å². The first kappa shape index (κ1) is 24.1. The van der Waals surface area contributed by atoms with Crippen LogP contribution >= 0.6 is 0 Å². The molecule has 0 bridgehead atoms. The van der Waals surface area contributed by atoms with E-state index in [0.717, 1.165) is 12.8 Å². The largest absolute Gasteiger partial charge is 0.493 e. The molecule has 1 N–H and O–H groups in total. The second-order valence-electron chi connectivity index (χ2n) is 7.33. The minimum Gasteiger partial charge on any atom is -0.493 e. The van der Waals surface area contributed by atoms with Crippen molar-refractivity contribution in [2.75, 3.05) is 7.11 Å². The lowest BCUT2D eigenvalue weighted by Crippen LogP contribution is -2.16. The van der Waals surface area contributed by atoms with Gasteiger partial charge < -0.3 is 9.47 Å². The van der Waals surface area contributed by atoms with Crippen LogP contribution in [-0.4, -0.2) is 25.2 Å². The summed E-state index contributed by atoms with van der Waals surface area (Å²) in [7, 11) is 1.50. The third-order valence-corrected chi connectivity index (χ3v) is 4.81. The molecule has 0 heterocycles. The quantitative estimate of drug-likeness (QED) is 0.151. The zero-order chi connectivity index (χ0) is 22.3. The second kappa shape index (κ2) is 14.0. The third-order valence-electron chi connectivity index (χ3n) is 4.81. The molecule has 2 aromatic carbocycles. The van der Waals surface area contributed by atoms with E-state index in [1.807, 2.05) is 6.07 Å². The number of carbonyl (C=O) groups is 2. The van der Waals surface area contributed by atoms with Crippen molar-refractivity contribution in [1.82, 2.24) is 5.43 Å². The predicted molar refractivity (Wildman–Crippen MR) is 123 cm³/mol. The van der Waals surface area contributed by atoms with E-state index in [4.69, 9.17) is 9.47 Å². The molecule has 6 heteroatoms. The number of hydrogen-bond acceptors (Lipinski definition) is 5. The van der Waals surface area contributed by atoms with Gasteiger partial charge in [0, 0.05) is 6.42 Å². The lowest BCUT2D eigenvalue weighted by atomic mass is 10.1. The second-order valence-corrected chi connectivity index (χ2v) is 7.33. The van der Waals surface area contributed by atoms with Crippen molar-refractivity contribution in [1.29, 1.82) is 0 Å². The summed E-state index contributed by atoms with van der Waals surface area (Å²) in [6.07, 6.45) is 10.2. The topological polar surface area (TPSA) is 77.0 Å². The maximum atomic E-state index is 12.2. The zero-order valence-corrected chi connectivity index (χ0v) is 18.4. The Morgan fingerprint density at radius 1 is 0.935 bits per heavy atom. The first-order chi connectivity index (χ1) is 15.1. The van der Waals surface area contributed by atoms with Crippen LogP contribution in [0, 0.1) is 0 Å². The highest BCUT2D eigenvalue weighted by molar-refractivity contribution is 5.91. The molecule has 0 saturated carbocycles. The van der Waals surface area contributed by atoms with Gasteiger partial charge in [-0.05, 0) is 42.3 Å². The van der Waals surface area contributed by atoms with Crippen molar-refractivity contribution in [3.8, 4) is 11.5 Å². The molecule has 2 rings (SSSR count). The van der Waals surface area contributed by atoms with Gasteiger partial charge in [0.15, 0.2) is 11.5 Å². The van der Waals surface area contributed by atoms with Crippen LogP contribution in [-0.2, 0) is 4.79 Å². The van der Waals surface area contributed by atoms with E-state index in [2.05, 4.69) is 17.5 Å². The summed E-state index contributed by atoms with van der Waals surface area (Å²) in [5, 5.41) is 4.01. The molecule has 1 amide bonds. The van der Waals surface area contributed by atoms with Crippen LogP contribution < -0.4 is 14.9 Å². The number of nitrogens with zero attached hydrogens (tertiary/aromatic N) is 1. The number of methoxy groups -OCH3 is 1. The molecule has 0 radical (unpaired) electrons. The van der Waals surface area contributed by atoms with Gasteiger partial charge >= 0.3 is 5.97 Å². The molecule has 6 nitrogen and oxygen atoms in total. The molecule has 0 aliphatic heterocycles. The minimum atomic E-state index is -0.460. The molecule has 166 valence electrons. The predicted octanol–water partition coefficient (Wildman–Crippen LogP) is 5.51. The van der Waals surface area contributed by atoms with Crippen LogP contribution in [0.2, 0.25) is 0 Å². The van der Waals surface area contributed by atoms with Crippen LogP contribution in [0.15, 0.2) is 53.6 Å².